The minimum absolute atomic E-state index is 0.0274. The number of ether oxygens (including phenoxy) is 1. The molecule has 7 nitrogen and oxygen atoms in total. The summed E-state index contributed by atoms with van der Waals surface area (Å²) in [4.78, 5) is 23.1. The Bertz CT molecular complexity index is 538. The third-order valence-corrected chi connectivity index (χ3v) is 4.44. The molecule has 8 heteroatoms. The van der Waals surface area contributed by atoms with Crippen molar-refractivity contribution in [2.24, 2.45) is 10.9 Å². The zero-order chi connectivity index (χ0) is 16.7. The van der Waals surface area contributed by atoms with Gasteiger partial charge in [0, 0.05) is 44.2 Å². The van der Waals surface area contributed by atoms with E-state index in [0.717, 1.165) is 31.2 Å². The van der Waals surface area contributed by atoms with Crippen molar-refractivity contribution in [1.82, 2.24) is 20.5 Å². The number of carbonyl (C=O) groups is 1. The number of carbonyl (C=O) groups excluding carboxylic acids is 1. The van der Waals surface area contributed by atoms with E-state index in [2.05, 4.69) is 20.6 Å². The van der Waals surface area contributed by atoms with Gasteiger partial charge in [-0.15, -0.1) is 11.3 Å². The highest BCUT2D eigenvalue weighted by atomic mass is 32.1. The summed E-state index contributed by atoms with van der Waals surface area (Å²) < 4.78 is 5.38. The molecule has 0 spiro atoms. The largest absolute Gasteiger partial charge is 0.381 e. The minimum atomic E-state index is -0.0274. The Hall–Kier alpha value is -1.67. The summed E-state index contributed by atoms with van der Waals surface area (Å²) in [6, 6.07) is 0. The smallest absolute Gasteiger partial charge is 0.243 e. The van der Waals surface area contributed by atoms with Crippen LogP contribution in [0, 0.1) is 12.8 Å². The minimum Gasteiger partial charge on any atom is -0.381 e. The Kier molecular flexibility index (Phi) is 6.79. The van der Waals surface area contributed by atoms with Gasteiger partial charge in [-0.2, -0.15) is 0 Å². The predicted molar refractivity (Wildman–Crippen MR) is 91.6 cm³/mol. The van der Waals surface area contributed by atoms with Crippen molar-refractivity contribution in [3.05, 3.63) is 16.1 Å². The number of aliphatic imine (C=N–C) groups is 1. The monoisotopic (exact) mass is 339 g/mol. The Balaban J connectivity index is 1.88. The Morgan fingerprint density at radius 1 is 1.52 bits per heavy atom. The number of amides is 1. The third kappa shape index (κ3) is 6.15. The molecule has 1 atom stereocenters. The maximum Gasteiger partial charge on any atom is 0.243 e. The second-order valence-corrected chi connectivity index (χ2v) is 7.10. The second kappa shape index (κ2) is 8.83. The number of nitrogens with zero attached hydrogens (tertiary/aromatic N) is 3. The highest BCUT2D eigenvalue weighted by Gasteiger charge is 2.16. The standard InChI is InChI=1S/C15H25N5O2S/c1-11-6-16-13(23-11)8-18-15(19-9-14(21)20(2)3)17-7-12-4-5-22-10-12/h6,12H,4-5,7-10H2,1-3H3,(H2,17,18,19). The Labute approximate surface area is 141 Å². The molecule has 1 aromatic rings. The van der Waals surface area contributed by atoms with E-state index in [0.29, 0.717) is 18.4 Å². The molecule has 1 amide bonds. The number of hydrogen-bond donors (Lipinski definition) is 2. The highest BCUT2D eigenvalue weighted by Crippen LogP contribution is 2.11. The van der Waals surface area contributed by atoms with E-state index in [9.17, 15) is 4.79 Å². The number of hydrogen-bond acceptors (Lipinski definition) is 5. The molecule has 0 radical (unpaired) electrons. The van der Waals surface area contributed by atoms with Crippen molar-refractivity contribution in [1.29, 1.82) is 0 Å². The van der Waals surface area contributed by atoms with Gasteiger partial charge in [0.15, 0.2) is 5.96 Å². The van der Waals surface area contributed by atoms with Crippen LogP contribution in [0.2, 0.25) is 0 Å². The van der Waals surface area contributed by atoms with Crippen LogP contribution >= 0.6 is 11.3 Å². The molecule has 23 heavy (non-hydrogen) atoms. The van der Waals surface area contributed by atoms with E-state index in [1.807, 2.05) is 13.1 Å². The van der Waals surface area contributed by atoms with Gasteiger partial charge in [0.2, 0.25) is 5.91 Å². The van der Waals surface area contributed by atoms with Gasteiger partial charge in [-0.1, -0.05) is 0 Å². The van der Waals surface area contributed by atoms with Crippen molar-refractivity contribution in [3.8, 4) is 0 Å². The SMILES string of the molecule is Cc1cnc(CNC(=NCC(=O)N(C)C)NCC2CCOC2)s1. The number of nitrogens with one attached hydrogen (secondary N) is 2. The molecule has 2 heterocycles. The van der Waals surface area contributed by atoms with E-state index in [4.69, 9.17) is 4.74 Å². The van der Waals surface area contributed by atoms with Gasteiger partial charge in [0.1, 0.15) is 11.6 Å². The van der Waals surface area contributed by atoms with Crippen LogP contribution in [0.5, 0.6) is 0 Å². The predicted octanol–water partition coefficient (Wildman–Crippen LogP) is 0.611. The lowest BCUT2D eigenvalue weighted by Gasteiger charge is -2.15. The van der Waals surface area contributed by atoms with Gasteiger partial charge in [-0.25, -0.2) is 9.98 Å². The van der Waals surface area contributed by atoms with Gasteiger partial charge in [-0.05, 0) is 13.3 Å². The lowest BCUT2D eigenvalue weighted by atomic mass is 10.1. The highest BCUT2D eigenvalue weighted by molar-refractivity contribution is 7.11. The Morgan fingerprint density at radius 2 is 2.35 bits per heavy atom. The summed E-state index contributed by atoms with van der Waals surface area (Å²) in [6.07, 6.45) is 2.92. The van der Waals surface area contributed by atoms with Crippen molar-refractivity contribution in [2.45, 2.75) is 19.9 Å². The average molecular weight is 339 g/mol. The Morgan fingerprint density at radius 3 is 2.96 bits per heavy atom. The topological polar surface area (TPSA) is 78.9 Å². The molecule has 128 valence electrons. The molecule has 0 aromatic carbocycles. The first kappa shape index (κ1) is 17.7. The molecule has 1 saturated heterocycles. The second-order valence-electron chi connectivity index (χ2n) is 5.78. The van der Waals surface area contributed by atoms with E-state index >= 15 is 0 Å². The summed E-state index contributed by atoms with van der Waals surface area (Å²) in [5.74, 6) is 1.11. The van der Waals surface area contributed by atoms with Crippen LogP contribution in [0.4, 0.5) is 0 Å². The molecular weight excluding hydrogens is 314 g/mol. The summed E-state index contributed by atoms with van der Waals surface area (Å²) in [5.41, 5.74) is 0. The molecule has 2 N–H and O–H groups in total. The first-order valence-corrected chi connectivity index (χ1v) is 8.57. The zero-order valence-electron chi connectivity index (χ0n) is 14.0. The third-order valence-electron chi connectivity index (χ3n) is 3.53. The van der Waals surface area contributed by atoms with Crippen LogP contribution < -0.4 is 10.6 Å². The summed E-state index contributed by atoms with van der Waals surface area (Å²) in [7, 11) is 3.46. The first-order chi connectivity index (χ1) is 11.0. The quantitative estimate of drug-likeness (QED) is 0.586. The molecule has 1 aromatic heterocycles. The number of thiazole rings is 1. The molecule has 1 aliphatic rings. The van der Waals surface area contributed by atoms with Gasteiger partial charge >= 0.3 is 0 Å². The zero-order valence-corrected chi connectivity index (χ0v) is 14.8. The molecule has 0 aliphatic carbocycles. The number of likely N-dealkylation sites (N-methyl/N-ethyl adjacent to an activating group) is 1. The maximum atomic E-state index is 11.7. The van der Waals surface area contributed by atoms with E-state index in [1.54, 1.807) is 25.4 Å². The van der Waals surface area contributed by atoms with Crippen LogP contribution in [0.1, 0.15) is 16.3 Å². The van der Waals surface area contributed by atoms with E-state index < -0.39 is 0 Å². The van der Waals surface area contributed by atoms with Crippen molar-refractivity contribution in [2.75, 3.05) is 40.4 Å². The number of guanidine groups is 1. The van der Waals surface area contributed by atoms with Gasteiger partial charge in [0.25, 0.3) is 0 Å². The molecule has 0 saturated carbocycles. The average Bonchev–Trinajstić information content (AvgIpc) is 3.17. The van der Waals surface area contributed by atoms with Crippen molar-refractivity contribution >= 4 is 23.2 Å². The van der Waals surface area contributed by atoms with Crippen LogP contribution in [0.3, 0.4) is 0 Å². The lowest BCUT2D eigenvalue weighted by Crippen LogP contribution is -2.40. The number of rotatable bonds is 6. The fourth-order valence-corrected chi connectivity index (χ4v) is 2.82. The molecule has 2 rings (SSSR count). The van der Waals surface area contributed by atoms with E-state index in [1.165, 1.54) is 9.78 Å². The molecule has 1 unspecified atom stereocenters. The molecule has 1 aliphatic heterocycles. The summed E-state index contributed by atoms with van der Waals surface area (Å²) >= 11 is 1.65. The van der Waals surface area contributed by atoms with Crippen LogP contribution in [-0.4, -0.2) is 62.1 Å². The number of aromatic nitrogens is 1. The number of aryl methyl sites for hydroxylation is 1. The normalized spacial score (nSPS) is 18.0. The van der Waals surface area contributed by atoms with Crippen LogP contribution in [0.15, 0.2) is 11.2 Å². The van der Waals surface area contributed by atoms with Crippen LogP contribution in [0.25, 0.3) is 0 Å². The van der Waals surface area contributed by atoms with Gasteiger partial charge in [0.05, 0.1) is 13.2 Å². The van der Waals surface area contributed by atoms with Crippen molar-refractivity contribution in [3.63, 3.8) is 0 Å². The summed E-state index contributed by atoms with van der Waals surface area (Å²) in [6.45, 7) is 5.15. The van der Waals surface area contributed by atoms with E-state index in [-0.39, 0.29) is 12.5 Å². The molecular formula is C15H25N5O2S. The first-order valence-electron chi connectivity index (χ1n) is 7.76. The summed E-state index contributed by atoms with van der Waals surface area (Å²) in [5, 5.41) is 7.54. The maximum absolute atomic E-state index is 11.7. The van der Waals surface area contributed by atoms with Gasteiger partial charge < -0.3 is 20.3 Å². The van der Waals surface area contributed by atoms with Crippen molar-refractivity contribution < 1.29 is 9.53 Å². The van der Waals surface area contributed by atoms with Gasteiger partial charge in [-0.3, -0.25) is 4.79 Å². The van der Waals surface area contributed by atoms with Crippen LogP contribution in [-0.2, 0) is 16.1 Å². The fourth-order valence-electron chi connectivity index (χ4n) is 2.09. The lowest BCUT2D eigenvalue weighted by molar-refractivity contribution is -0.127. The molecule has 1 fully saturated rings. The fraction of sp³-hybridized carbons (Fsp3) is 0.667. The molecule has 0 bridgehead atoms.